The quantitative estimate of drug-likeness (QED) is 0.498. The lowest BCUT2D eigenvalue weighted by atomic mass is 10.2. The maximum Gasteiger partial charge on any atom is 0.269 e. The standard InChI is InChI=1S/C20H25ClN4O3/c1-22(2)17-7-5-15(6-8-17)12-24(4)20(26)14-23(3)13-16-11-18(25(27)28)9-10-19(16)21/h5-11H,12-14H2,1-4H3. The Bertz CT molecular complexity index is 840. The van der Waals surface area contributed by atoms with E-state index in [1.165, 1.54) is 18.2 Å². The van der Waals surface area contributed by atoms with Gasteiger partial charge in [-0.3, -0.25) is 19.8 Å². The van der Waals surface area contributed by atoms with E-state index in [0.717, 1.165) is 11.3 Å². The molecule has 0 aliphatic heterocycles. The lowest BCUT2D eigenvalue weighted by Gasteiger charge is -2.22. The van der Waals surface area contributed by atoms with E-state index in [1.807, 2.05) is 43.3 Å². The van der Waals surface area contributed by atoms with Crippen LogP contribution >= 0.6 is 11.6 Å². The molecule has 2 rings (SSSR count). The lowest BCUT2D eigenvalue weighted by molar-refractivity contribution is -0.384. The first-order valence-electron chi connectivity index (χ1n) is 8.79. The van der Waals surface area contributed by atoms with Crippen LogP contribution in [0.5, 0.6) is 0 Å². The van der Waals surface area contributed by atoms with Crippen LogP contribution in [0.4, 0.5) is 11.4 Å². The summed E-state index contributed by atoms with van der Waals surface area (Å²) in [5, 5.41) is 11.4. The van der Waals surface area contributed by atoms with Crippen molar-refractivity contribution in [2.45, 2.75) is 13.1 Å². The van der Waals surface area contributed by atoms with Crippen molar-refractivity contribution in [3.05, 3.63) is 68.7 Å². The number of hydrogen-bond acceptors (Lipinski definition) is 5. The van der Waals surface area contributed by atoms with Crippen LogP contribution in [0.3, 0.4) is 0 Å². The van der Waals surface area contributed by atoms with Crippen molar-refractivity contribution in [1.82, 2.24) is 9.80 Å². The van der Waals surface area contributed by atoms with Crippen molar-refractivity contribution in [2.24, 2.45) is 0 Å². The fourth-order valence-electron chi connectivity index (χ4n) is 2.76. The van der Waals surface area contributed by atoms with Gasteiger partial charge in [-0.15, -0.1) is 0 Å². The zero-order valence-corrected chi connectivity index (χ0v) is 17.3. The number of nitro groups is 1. The highest BCUT2D eigenvalue weighted by molar-refractivity contribution is 6.31. The number of carbonyl (C=O) groups is 1. The molecule has 2 aromatic rings. The Hall–Kier alpha value is -2.64. The monoisotopic (exact) mass is 404 g/mol. The van der Waals surface area contributed by atoms with Crippen LogP contribution in [0.1, 0.15) is 11.1 Å². The SMILES string of the molecule is CN(CC(=O)N(C)Cc1ccc(N(C)C)cc1)Cc1cc([N+](=O)[O-])ccc1Cl. The number of hydrogen-bond donors (Lipinski definition) is 0. The van der Waals surface area contributed by atoms with Crippen LogP contribution in [0, 0.1) is 10.1 Å². The van der Waals surface area contributed by atoms with Gasteiger partial charge in [0.05, 0.1) is 11.5 Å². The molecule has 28 heavy (non-hydrogen) atoms. The molecule has 0 atom stereocenters. The molecular weight excluding hydrogens is 380 g/mol. The van der Waals surface area contributed by atoms with Gasteiger partial charge in [-0.25, -0.2) is 0 Å². The third-order valence-electron chi connectivity index (χ3n) is 4.38. The summed E-state index contributed by atoms with van der Waals surface area (Å²) in [6.45, 7) is 1.04. The fourth-order valence-corrected chi connectivity index (χ4v) is 2.93. The molecule has 0 aliphatic carbocycles. The van der Waals surface area contributed by atoms with Gasteiger partial charge in [0, 0.05) is 57.1 Å². The highest BCUT2D eigenvalue weighted by Crippen LogP contribution is 2.23. The number of rotatable bonds is 8. The summed E-state index contributed by atoms with van der Waals surface area (Å²) in [5.41, 5.74) is 2.75. The second kappa shape index (κ2) is 9.52. The van der Waals surface area contributed by atoms with Gasteiger partial charge in [-0.05, 0) is 36.4 Å². The van der Waals surface area contributed by atoms with Gasteiger partial charge in [-0.1, -0.05) is 23.7 Å². The van der Waals surface area contributed by atoms with Gasteiger partial charge in [-0.2, -0.15) is 0 Å². The van der Waals surface area contributed by atoms with Gasteiger partial charge in [0.2, 0.25) is 5.91 Å². The van der Waals surface area contributed by atoms with E-state index in [4.69, 9.17) is 11.6 Å². The molecule has 0 fully saturated rings. The van der Waals surface area contributed by atoms with E-state index in [0.29, 0.717) is 23.7 Å². The molecular formula is C20H25ClN4O3. The minimum Gasteiger partial charge on any atom is -0.378 e. The van der Waals surface area contributed by atoms with Crippen molar-refractivity contribution < 1.29 is 9.72 Å². The van der Waals surface area contributed by atoms with Gasteiger partial charge < -0.3 is 9.80 Å². The summed E-state index contributed by atoms with van der Waals surface area (Å²) in [6, 6.07) is 12.4. The maximum atomic E-state index is 12.5. The molecule has 1 amide bonds. The van der Waals surface area contributed by atoms with E-state index in [1.54, 1.807) is 23.9 Å². The summed E-state index contributed by atoms with van der Waals surface area (Å²) < 4.78 is 0. The maximum absolute atomic E-state index is 12.5. The van der Waals surface area contributed by atoms with Crippen LogP contribution < -0.4 is 4.90 Å². The minimum atomic E-state index is -0.458. The Morgan fingerprint density at radius 3 is 2.25 bits per heavy atom. The Kier molecular flexibility index (Phi) is 7.37. The van der Waals surface area contributed by atoms with Gasteiger partial charge in [0.1, 0.15) is 0 Å². The fraction of sp³-hybridized carbons (Fsp3) is 0.350. The first kappa shape index (κ1) is 21.7. The molecule has 0 spiro atoms. The highest BCUT2D eigenvalue weighted by atomic mass is 35.5. The number of nitro benzene ring substituents is 1. The van der Waals surface area contributed by atoms with Gasteiger partial charge >= 0.3 is 0 Å². The van der Waals surface area contributed by atoms with Crippen LogP contribution in [0.2, 0.25) is 5.02 Å². The average Bonchev–Trinajstić information content (AvgIpc) is 2.63. The molecule has 8 heteroatoms. The third-order valence-corrected chi connectivity index (χ3v) is 4.75. The molecule has 0 heterocycles. The molecule has 0 N–H and O–H groups in total. The molecule has 7 nitrogen and oxygen atoms in total. The Balaban J connectivity index is 1.94. The minimum absolute atomic E-state index is 0.0163. The number of amides is 1. The van der Waals surface area contributed by atoms with E-state index in [9.17, 15) is 14.9 Å². The topological polar surface area (TPSA) is 69.9 Å². The summed E-state index contributed by atoms with van der Waals surface area (Å²) >= 11 is 6.14. The highest BCUT2D eigenvalue weighted by Gasteiger charge is 2.15. The first-order chi connectivity index (χ1) is 13.2. The molecule has 0 radical (unpaired) electrons. The van der Waals surface area contributed by atoms with Crippen LogP contribution in [-0.4, -0.2) is 55.4 Å². The van der Waals surface area contributed by atoms with E-state index >= 15 is 0 Å². The lowest BCUT2D eigenvalue weighted by Crippen LogP contribution is -2.36. The van der Waals surface area contributed by atoms with Crippen molar-refractivity contribution in [2.75, 3.05) is 39.6 Å². The summed E-state index contributed by atoms with van der Waals surface area (Å²) in [5.74, 6) is -0.0410. The summed E-state index contributed by atoms with van der Waals surface area (Å²) in [4.78, 5) is 28.5. The summed E-state index contributed by atoms with van der Waals surface area (Å²) in [7, 11) is 7.51. The molecule has 0 unspecified atom stereocenters. The molecule has 0 aromatic heterocycles. The van der Waals surface area contributed by atoms with E-state index in [2.05, 4.69) is 0 Å². The molecule has 150 valence electrons. The number of halogens is 1. The predicted molar refractivity (Wildman–Crippen MR) is 112 cm³/mol. The molecule has 0 saturated carbocycles. The molecule has 2 aromatic carbocycles. The number of likely N-dealkylation sites (N-methyl/N-ethyl adjacent to an activating group) is 2. The van der Waals surface area contributed by atoms with Crippen molar-refractivity contribution >= 4 is 28.9 Å². The largest absolute Gasteiger partial charge is 0.378 e. The normalized spacial score (nSPS) is 10.8. The number of non-ortho nitro benzene ring substituents is 1. The zero-order chi connectivity index (χ0) is 20.8. The Morgan fingerprint density at radius 1 is 1.04 bits per heavy atom. The molecule has 0 bridgehead atoms. The third kappa shape index (κ3) is 5.94. The second-order valence-corrected chi connectivity index (χ2v) is 7.42. The number of nitrogens with zero attached hydrogens (tertiary/aromatic N) is 4. The van der Waals surface area contributed by atoms with Crippen LogP contribution in [0.15, 0.2) is 42.5 Å². The van der Waals surface area contributed by atoms with Gasteiger partial charge in [0.25, 0.3) is 5.69 Å². The number of carbonyl (C=O) groups excluding carboxylic acids is 1. The van der Waals surface area contributed by atoms with Crippen molar-refractivity contribution in [1.29, 1.82) is 0 Å². The van der Waals surface area contributed by atoms with Crippen LogP contribution in [0.25, 0.3) is 0 Å². The zero-order valence-electron chi connectivity index (χ0n) is 16.6. The van der Waals surface area contributed by atoms with Crippen LogP contribution in [-0.2, 0) is 17.9 Å². The molecule has 0 aliphatic rings. The first-order valence-corrected chi connectivity index (χ1v) is 9.16. The van der Waals surface area contributed by atoms with Gasteiger partial charge in [0.15, 0.2) is 0 Å². The number of benzene rings is 2. The predicted octanol–water partition coefficient (Wildman–Crippen LogP) is 3.40. The van der Waals surface area contributed by atoms with Crippen molar-refractivity contribution in [3.8, 4) is 0 Å². The van der Waals surface area contributed by atoms with Crippen molar-refractivity contribution in [3.63, 3.8) is 0 Å². The average molecular weight is 405 g/mol. The molecule has 0 saturated heterocycles. The van der Waals surface area contributed by atoms with E-state index in [-0.39, 0.29) is 18.1 Å². The smallest absolute Gasteiger partial charge is 0.269 e. The summed E-state index contributed by atoms with van der Waals surface area (Å²) in [6.07, 6.45) is 0. The Labute approximate surface area is 170 Å². The second-order valence-electron chi connectivity index (χ2n) is 7.02. The Morgan fingerprint density at radius 2 is 1.68 bits per heavy atom. The van der Waals surface area contributed by atoms with E-state index < -0.39 is 4.92 Å². The number of anilines is 1.